The first-order valence-electron chi connectivity index (χ1n) is 9.24. The van der Waals surface area contributed by atoms with Crippen LogP contribution in [0.3, 0.4) is 0 Å². The molecule has 6 nitrogen and oxygen atoms in total. The van der Waals surface area contributed by atoms with Gasteiger partial charge in [0.2, 0.25) is 0 Å². The maximum atomic E-state index is 12.2. The summed E-state index contributed by atoms with van der Waals surface area (Å²) < 4.78 is 5.24. The molecule has 6 heteroatoms. The van der Waals surface area contributed by atoms with Crippen molar-refractivity contribution in [3.8, 4) is 0 Å². The minimum Gasteiger partial charge on any atom is -0.360 e. The van der Waals surface area contributed by atoms with E-state index in [1.54, 1.807) is 6.07 Å². The SMILES string of the molecule is O=C(NCc1ccnc(N2CCCCCC2)c1)c1cc(C2CC2)on1. The quantitative estimate of drug-likeness (QED) is 0.904. The highest BCUT2D eigenvalue weighted by atomic mass is 16.5. The monoisotopic (exact) mass is 340 g/mol. The number of aromatic nitrogens is 2. The van der Waals surface area contributed by atoms with Gasteiger partial charge in [0.25, 0.3) is 5.91 Å². The minimum atomic E-state index is -0.191. The van der Waals surface area contributed by atoms with Crippen molar-refractivity contribution < 1.29 is 9.32 Å². The van der Waals surface area contributed by atoms with E-state index in [-0.39, 0.29) is 5.91 Å². The second-order valence-electron chi connectivity index (χ2n) is 7.00. The molecule has 2 aromatic rings. The van der Waals surface area contributed by atoms with E-state index in [4.69, 9.17) is 4.52 Å². The van der Waals surface area contributed by atoms with Crippen LogP contribution in [0.4, 0.5) is 5.82 Å². The number of nitrogens with zero attached hydrogens (tertiary/aromatic N) is 3. The Morgan fingerprint density at radius 1 is 1.20 bits per heavy atom. The summed E-state index contributed by atoms with van der Waals surface area (Å²) in [7, 11) is 0. The molecule has 25 heavy (non-hydrogen) atoms. The molecule has 1 aliphatic carbocycles. The highest BCUT2D eigenvalue weighted by Crippen LogP contribution is 2.40. The van der Waals surface area contributed by atoms with Crippen molar-refractivity contribution in [1.82, 2.24) is 15.5 Å². The molecular formula is C19H24N4O2. The summed E-state index contributed by atoms with van der Waals surface area (Å²) in [4.78, 5) is 19.1. The minimum absolute atomic E-state index is 0.191. The van der Waals surface area contributed by atoms with Crippen LogP contribution in [0.2, 0.25) is 0 Å². The molecule has 3 heterocycles. The van der Waals surface area contributed by atoms with Crippen molar-refractivity contribution in [3.05, 3.63) is 41.4 Å². The zero-order valence-corrected chi connectivity index (χ0v) is 14.4. The average molecular weight is 340 g/mol. The van der Waals surface area contributed by atoms with E-state index in [1.807, 2.05) is 12.3 Å². The number of nitrogens with one attached hydrogen (secondary N) is 1. The van der Waals surface area contributed by atoms with Crippen molar-refractivity contribution >= 4 is 11.7 Å². The van der Waals surface area contributed by atoms with E-state index in [0.29, 0.717) is 18.2 Å². The van der Waals surface area contributed by atoms with Crippen LogP contribution < -0.4 is 10.2 Å². The lowest BCUT2D eigenvalue weighted by Gasteiger charge is -2.21. The molecule has 0 aromatic carbocycles. The molecule has 0 spiro atoms. The van der Waals surface area contributed by atoms with Crippen LogP contribution in [0.5, 0.6) is 0 Å². The Kier molecular flexibility index (Phi) is 4.68. The van der Waals surface area contributed by atoms with Crippen molar-refractivity contribution in [2.75, 3.05) is 18.0 Å². The zero-order valence-electron chi connectivity index (χ0n) is 14.4. The van der Waals surface area contributed by atoms with Gasteiger partial charge in [-0.3, -0.25) is 4.79 Å². The molecule has 132 valence electrons. The highest BCUT2D eigenvalue weighted by Gasteiger charge is 2.28. The van der Waals surface area contributed by atoms with Crippen molar-refractivity contribution in [2.45, 2.75) is 51.0 Å². The first-order chi connectivity index (χ1) is 12.3. The lowest BCUT2D eigenvalue weighted by Crippen LogP contribution is -2.26. The Balaban J connectivity index is 1.36. The van der Waals surface area contributed by atoms with Gasteiger partial charge in [0.1, 0.15) is 11.6 Å². The summed E-state index contributed by atoms with van der Waals surface area (Å²) in [6.45, 7) is 2.59. The van der Waals surface area contributed by atoms with Crippen LogP contribution in [0.15, 0.2) is 28.9 Å². The molecule has 2 aromatic heterocycles. The highest BCUT2D eigenvalue weighted by molar-refractivity contribution is 5.92. The van der Waals surface area contributed by atoms with Gasteiger partial charge in [-0.15, -0.1) is 0 Å². The Labute approximate surface area is 147 Å². The molecule has 2 aliphatic rings. The summed E-state index contributed by atoms with van der Waals surface area (Å²) in [5.74, 6) is 2.11. The van der Waals surface area contributed by atoms with Gasteiger partial charge in [0.05, 0.1) is 0 Å². The van der Waals surface area contributed by atoms with Gasteiger partial charge in [-0.1, -0.05) is 18.0 Å². The number of hydrogen-bond acceptors (Lipinski definition) is 5. The fraction of sp³-hybridized carbons (Fsp3) is 0.526. The first kappa shape index (κ1) is 16.1. The molecule has 4 rings (SSSR count). The van der Waals surface area contributed by atoms with Crippen LogP contribution in [0.25, 0.3) is 0 Å². The summed E-state index contributed by atoms with van der Waals surface area (Å²) >= 11 is 0. The molecule has 1 saturated carbocycles. The predicted octanol–water partition coefficient (Wildman–Crippen LogP) is 3.26. The van der Waals surface area contributed by atoms with Gasteiger partial charge >= 0.3 is 0 Å². The number of carbonyl (C=O) groups is 1. The third-order valence-electron chi connectivity index (χ3n) is 4.93. The molecule has 1 saturated heterocycles. The van der Waals surface area contributed by atoms with Crippen LogP contribution in [-0.2, 0) is 6.54 Å². The fourth-order valence-corrected chi connectivity index (χ4v) is 3.27. The summed E-state index contributed by atoms with van der Waals surface area (Å²) in [5.41, 5.74) is 1.41. The Hall–Kier alpha value is -2.37. The van der Waals surface area contributed by atoms with Crippen LogP contribution in [-0.4, -0.2) is 29.1 Å². The van der Waals surface area contributed by atoms with Crippen LogP contribution in [0.1, 0.15) is 66.3 Å². The van der Waals surface area contributed by atoms with Gasteiger partial charge in [0.15, 0.2) is 5.69 Å². The van der Waals surface area contributed by atoms with E-state index >= 15 is 0 Å². The van der Waals surface area contributed by atoms with Gasteiger partial charge in [0, 0.05) is 37.8 Å². The number of anilines is 1. The van der Waals surface area contributed by atoms with E-state index in [9.17, 15) is 4.79 Å². The van der Waals surface area contributed by atoms with Gasteiger partial charge in [-0.25, -0.2) is 4.98 Å². The predicted molar refractivity (Wildman–Crippen MR) is 94.6 cm³/mol. The van der Waals surface area contributed by atoms with E-state index in [2.05, 4.69) is 26.4 Å². The molecule has 1 amide bonds. The maximum absolute atomic E-state index is 12.2. The van der Waals surface area contributed by atoms with E-state index in [1.165, 1.54) is 25.7 Å². The van der Waals surface area contributed by atoms with Gasteiger partial charge < -0.3 is 14.7 Å². The normalized spacial score (nSPS) is 18.0. The van der Waals surface area contributed by atoms with Gasteiger partial charge in [-0.2, -0.15) is 0 Å². The van der Waals surface area contributed by atoms with Crippen molar-refractivity contribution in [2.24, 2.45) is 0 Å². The van der Waals surface area contributed by atoms with Crippen LogP contribution >= 0.6 is 0 Å². The summed E-state index contributed by atoms with van der Waals surface area (Å²) in [5, 5.41) is 6.81. The van der Waals surface area contributed by atoms with Crippen LogP contribution in [0, 0.1) is 0 Å². The van der Waals surface area contributed by atoms with Gasteiger partial charge in [-0.05, 0) is 43.4 Å². The number of carbonyl (C=O) groups excluding carboxylic acids is 1. The molecule has 0 bridgehead atoms. The molecule has 0 unspecified atom stereocenters. The van der Waals surface area contributed by atoms with E-state index < -0.39 is 0 Å². The second-order valence-corrected chi connectivity index (χ2v) is 7.00. The molecule has 2 fully saturated rings. The molecule has 1 N–H and O–H groups in total. The Morgan fingerprint density at radius 3 is 2.76 bits per heavy atom. The van der Waals surface area contributed by atoms with Crippen molar-refractivity contribution in [1.29, 1.82) is 0 Å². The van der Waals surface area contributed by atoms with Crippen molar-refractivity contribution in [3.63, 3.8) is 0 Å². The number of pyridine rings is 1. The maximum Gasteiger partial charge on any atom is 0.273 e. The number of rotatable bonds is 5. The molecule has 0 radical (unpaired) electrons. The second kappa shape index (κ2) is 7.25. The smallest absolute Gasteiger partial charge is 0.273 e. The lowest BCUT2D eigenvalue weighted by atomic mass is 10.2. The summed E-state index contributed by atoms with van der Waals surface area (Å²) in [6, 6.07) is 5.78. The fourth-order valence-electron chi connectivity index (χ4n) is 3.27. The third-order valence-corrected chi connectivity index (χ3v) is 4.93. The Morgan fingerprint density at radius 2 is 2.00 bits per heavy atom. The standard InChI is InChI=1S/C19H24N4O2/c24-19(16-12-17(25-22-16)15-5-6-15)21-13-14-7-8-20-18(11-14)23-9-3-1-2-4-10-23/h7-8,11-12,15H,1-6,9-10,13H2,(H,21,24). The average Bonchev–Trinajstić information content (AvgIpc) is 3.43. The van der Waals surface area contributed by atoms with E-state index in [0.717, 1.165) is 43.1 Å². The number of amides is 1. The number of hydrogen-bond donors (Lipinski definition) is 1. The molecule has 1 aliphatic heterocycles. The topological polar surface area (TPSA) is 71.3 Å². The largest absolute Gasteiger partial charge is 0.360 e. The summed E-state index contributed by atoms with van der Waals surface area (Å²) in [6.07, 6.45) is 9.12. The Bertz CT molecular complexity index is 731. The lowest BCUT2D eigenvalue weighted by molar-refractivity contribution is 0.0941. The first-order valence-corrected chi connectivity index (χ1v) is 9.24. The third kappa shape index (κ3) is 4.00. The molecule has 0 atom stereocenters. The molecular weight excluding hydrogens is 316 g/mol. The zero-order chi connectivity index (χ0) is 17.1.